The van der Waals surface area contributed by atoms with Crippen molar-refractivity contribution in [1.82, 2.24) is 0 Å². The van der Waals surface area contributed by atoms with Crippen molar-refractivity contribution in [1.29, 1.82) is 0 Å². The Bertz CT molecular complexity index is 2870. The molecule has 1 heterocycles. The van der Waals surface area contributed by atoms with Crippen LogP contribution in [0.3, 0.4) is 0 Å². The van der Waals surface area contributed by atoms with E-state index in [-0.39, 0.29) is 0 Å². The lowest BCUT2D eigenvalue weighted by atomic mass is 10.00. The highest BCUT2D eigenvalue weighted by Crippen LogP contribution is 2.42. The van der Waals surface area contributed by atoms with Crippen molar-refractivity contribution in [3.8, 4) is 22.3 Å². The van der Waals surface area contributed by atoms with E-state index in [0.29, 0.717) is 0 Å². The van der Waals surface area contributed by atoms with Crippen LogP contribution in [0.25, 0.3) is 76.5 Å². The van der Waals surface area contributed by atoms with Gasteiger partial charge in [0.25, 0.3) is 0 Å². The van der Waals surface area contributed by atoms with Crippen LogP contribution in [-0.4, -0.2) is 0 Å². The zero-order chi connectivity index (χ0) is 33.0. The van der Waals surface area contributed by atoms with E-state index in [4.69, 9.17) is 4.42 Å². The molecule has 0 N–H and O–H groups in total. The molecule has 0 unspecified atom stereocenters. The first-order chi connectivity index (χ1) is 24.8. The number of benzene rings is 9. The van der Waals surface area contributed by atoms with Gasteiger partial charge in [-0.2, -0.15) is 0 Å². The Labute approximate surface area is 290 Å². The Morgan fingerprint density at radius 1 is 0.320 bits per heavy atom. The molecule has 0 spiro atoms. The van der Waals surface area contributed by atoms with E-state index in [1.807, 2.05) is 6.07 Å². The van der Waals surface area contributed by atoms with Gasteiger partial charge in [0.1, 0.15) is 11.2 Å². The van der Waals surface area contributed by atoms with Crippen LogP contribution in [0.1, 0.15) is 0 Å². The lowest BCUT2D eigenvalue weighted by Crippen LogP contribution is -2.09. The summed E-state index contributed by atoms with van der Waals surface area (Å²) in [6.45, 7) is 0. The summed E-state index contributed by atoms with van der Waals surface area (Å²) < 4.78 is 6.71. The third-order valence-electron chi connectivity index (χ3n) is 10.0. The van der Waals surface area contributed by atoms with Crippen molar-refractivity contribution in [2.24, 2.45) is 0 Å². The highest BCUT2D eigenvalue weighted by atomic mass is 16.3. The lowest BCUT2D eigenvalue weighted by molar-refractivity contribution is 0.670. The number of hydrogen-bond acceptors (Lipinski definition) is 2. The first-order valence-electron chi connectivity index (χ1n) is 17.1. The molecule has 50 heavy (non-hydrogen) atoms. The summed E-state index contributed by atoms with van der Waals surface area (Å²) in [5.41, 5.74) is 9.62. The SMILES string of the molecule is c1ccc(-c2cccc3c2oc2cc(N(c4ccc(-c5ccc6ccccc6c5)cc4)c4ccc5ccc6ccccc6c5c4)ccc23)cc1. The highest BCUT2D eigenvalue weighted by Gasteiger charge is 2.18. The average Bonchev–Trinajstić information content (AvgIpc) is 3.56. The lowest BCUT2D eigenvalue weighted by Gasteiger charge is -2.26. The molecule has 234 valence electrons. The van der Waals surface area contributed by atoms with Crippen LogP contribution in [0.5, 0.6) is 0 Å². The minimum atomic E-state index is 0.866. The van der Waals surface area contributed by atoms with Crippen molar-refractivity contribution in [3.63, 3.8) is 0 Å². The number of rotatable bonds is 5. The van der Waals surface area contributed by atoms with Crippen LogP contribution in [0.2, 0.25) is 0 Å². The first kappa shape index (κ1) is 28.4. The molecule has 10 aromatic rings. The van der Waals surface area contributed by atoms with Crippen LogP contribution in [0.15, 0.2) is 192 Å². The van der Waals surface area contributed by atoms with Crippen LogP contribution in [0, 0.1) is 0 Å². The van der Waals surface area contributed by atoms with Gasteiger partial charge in [-0.3, -0.25) is 0 Å². The molecule has 0 aliphatic heterocycles. The van der Waals surface area contributed by atoms with E-state index in [1.165, 1.54) is 43.4 Å². The third kappa shape index (κ3) is 4.73. The Morgan fingerprint density at radius 2 is 0.940 bits per heavy atom. The number of para-hydroxylation sites is 1. The van der Waals surface area contributed by atoms with Gasteiger partial charge < -0.3 is 9.32 Å². The van der Waals surface area contributed by atoms with Crippen LogP contribution in [0.4, 0.5) is 17.1 Å². The molecule has 0 aliphatic rings. The van der Waals surface area contributed by atoms with Crippen molar-refractivity contribution < 1.29 is 4.42 Å². The second-order valence-corrected chi connectivity index (χ2v) is 13.0. The van der Waals surface area contributed by atoms with Crippen molar-refractivity contribution in [3.05, 3.63) is 188 Å². The number of furan rings is 1. The molecule has 2 heteroatoms. The zero-order valence-corrected chi connectivity index (χ0v) is 27.3. The number of fused-ring (bicyclic) bond motifs is 7. The monoisotopic (exact) mass is 637 g/mol. The van der Waals surface area contributed by atoms with E-state index >= 15 is 0 Å². The zero-order valence-electron chi connectivity index (χ0n) is 27.3. The van der Waals surface area contributed by atoms with E-state index in [0.717, 1.165) is 50.1 Å². The van der Waals surface area contributed by atoms with Crippen LogP contribution in [-0.2, 0) is 0 Å². The molecule has 0 saturated heterocycles. The summed E-state index contributed by atoms with van der Waals surface area (Å²) in [6, 6.07) is 67.5. The molecule has 0 aliphatic carbocycles. The van der Waals surface area contributed by atoms with Crippen molar-refractivity contribution in [2.75, 3.05) is 4.90 Å². The van der Waals surface area contributed by atoms with Gasteiger partial charge >= 0.3 is 0 Å². The largest absolute Gasteiger partial charge is 0.455 e. The Kier molecular flexibility index (Phi) is 6.53. The maximum atomic E-state index is 6.71. The first-order valence-corrected chi connectivity index (χ1v) is 17.1. The van der Waals surface area contributed by atoms with E-state index in [2.05, 4.69) is 187 Å². The molecule has 0 radical (unpaired) electrons. The summed E-state index contributed by atoms with van der Waals surface area (Å²) in [5, 5.41) is 9.67. The Morgan fingerprint density at radius 3 is 1.80 bits per heavy atom. The molecule has 9 aromatic carbocycles. The van der Waals surface area contributed by atoms with Gasteiger partial charge in [-0.15, -0.1) is 0 Å². The predicted octanol–water partition coefficient (Wildman–Crippen LogP) is 13.8. The summed E-state index contributed by atoms with van der Waals surface area (Å²) in [6.07, 6.45) is 0. The van der Waals surface area contributed by atoms with Gasteiger partial charge in [0.2, 0.25) is 0 Å². The van der Waals surface area contributed by atoms with Gasteiger partial charge in [0.15, 0.2) is 0 Å². The quantitative estimate of drug-likeness (QED) is 0.175. The Balaban J connectivity index is 1.14. The summed E-state index contributed by atoms with van der Waals surface area (Å²) in [5.74, 6) is 0. The summed E-state index contributed by atoms with van der Waals surface area (Å²) >= 11 is 0. The maximum Gasteiger partial charge on any atom is 0.143 e. The molecule has 2 nitrogen and oxygen atoms in total. The van der Waals surface area contributed by atoms with Gasteiger partial charge in [0, 0.05) is 39.5 Å². The normalized spacial score (nSPS) is 11.6. The van der Waals surface area contributed by atoms with Crippen molar-refractivity contribution >= 4 is 71.3 Å². The fourth-order valence-corrected chi connectivity index (χ4v) is 7.52. The fourth-order valence-electron chi connectivity index (χ4n) is 7.52. The third-order valence-corrected chi connectivity index (χ3v) is 10.0. The second-order valence-electron chi connectivity index (χ2n) is 13.0. The van der Waals surface area contributed by atoms with Gasteiger partial charge in [-0.05, 0) is 91.5 Å². The molecular weight excluding hydrogens is 607 g/mol. The molecular formula is C48H31NO. The molecule has 0 atom stereocenters. The molecule has 0 fully saturated rings. The smallest absolute Gasteiger partial charge is 0.143 e. The number of nitrogens with zero attached hydrogens (tertiary/aromatic N) is 1. The summed E-state index contributed by atoms with van der Waals surface area (Å²) in [4.78, 5) is 2.34. The number of anilines is 3. The molecule has 10 rings (SSSR count). The standard InChI is InChI=1S/C48H31NO/c1-2-10-34(11-3-1)43-15-8-16-45-44-28-27-41(31-47(44)50-48(43)45)49(40-26-23-36-19-18-35-12-6-7-14-42(35)46(36)30-40)39-24-21-33(22-25-39)38-20-17-32-9-4-5-13-37(32)29-38/h1-31H. The van der Waals surface area contributed by atoms with Gasteiger partial charge in [0.05, 0.1) is 0 Å². The topological polar surface area (TPSA) is 16.4 Å². The summed E-state index contributed by atoms with van der Waals surface area (Å²) in [7, 11) is 0. The molecule has 0 amide bonds. The second kappa shape index (κ2) is 11.5. The predicted molar refractivity (Wildman–Crippen MR) is 212 cm³/mol. The fraction of sp³-hybridized carbons (Fsp3) is 0. The van der Waals surface area contributed by atoms with Gasteiger partial charge in [-0.1, -0.05) is 140 Å². The highest BCUT2D eigenvalue weighted by molar-refractivity contribution is 6.11. The van der Waals surface area contributed by atoms with Crippen LogP contribution >= 0.6 is 0 Å². The van der Waals surface area contributed by atoms with E-state index in [1.54, 1.807) is 0 Å². The molecule has 1 aromatic heterocycles. The average molecular weight is 638 g/mol. The van der Waals surface area contributed by atoms with Crippen molar-refractivity contribution in [2.45, 2.75) is 0 Å². The number of hydrogen-bond donors (Lipinski definition) is 0. The van der Waals surface area contributed by atoms with E-state index in [9.17, 15) is 0 Å². The minimum absolute atomic E-state index is 0.866. The maximum absolute atomic E-state index is 6.71. The molecule has 0 saturated carbocycles. The molecule has 0 bridgehead atoms. The van der Waals surface area contributed by atoms with Gasteiger partial charge in [-0.25, -0.2) is 0 Å². The van der Waals surface area contributed by atoms with Crippen LogP contribution < -0.4 is 4.90 Å². The van der Waals surface area contributed by atoms with E-state index < -0.39 is 0 Å². The minimum Gasteiger partial charge on any atom is -0.455 e. The Hall–Kier alpha value is -6.64.